The van der Waals surface area contributed by atoms with E-state index in [1.807, 2.05) is 24.3 Å². The van der Waals surface area contributed by atoms with Crippen molar-refractivity contribution in [2.75, 3.05) is 33.3 Å². The van der Waals surface area contributed by atoms with Gasteiger partial charge in [0, 0.05) is 49.4 Å². The van der Waals surface area contributed by atoms with E-state index in [4.69, 9.17) is 10.5 Å². The van der Waals surface area contributed by atoms with Gasteiger partial charge >= 0.3 is 0 Å². The number of benzene rings is 2. The van der Waals surface area contributed by atoms with Crippen molar-refractivity contribution >= 4 is 17.5 Å². The number of hydrogen-bond donors (Lipinski definition) is 1. The molecule has 178 valence electrons. The number of methoxy groups -OCH3 is 1. The van der Waals surface area contributed by atoms with Gasteiger partial charge < -0.3 is 20.3 Å². The fourth-order valence-corrected chi connectivity index (χ4v) is 3.97. The van der Waals surface area contributed by atoms with Crippen molar-refractivity contribution in [1.82, 2.24) is 9.80 Å². The van der Waals surface area contributed by atoms with Crippen LogP contribution < -0.4 is 10.5 Å². The van der Waals surface area contributed by atoms with Gasteiger partial charge in [-0.25, -0.2) is 13.2 Å². The molecule has 0 radical (unpaired) electrons. The van der Waals surface area contributed by atoms with Crippen molar-refractivity contribution in [2.24, 2.45) is 10.7 Å². The Balaban J connectivity index is 1.51. The zero-order valence-corrected chi connectivity index (χ0v) is 18.5. The zero-order chi connectivity index (χ0) is 24.4. The third-order valence-corrected chi connectivity index (χ3v) is 5.85. The van der Waals surface area contributed by atoms with Gasteiger partial charge in [-0.1, -0.05) is 12.1 Å². The second-order valence-electron chi connectivity index (χ2n) is 8.04. The molecule has 0 unspecified atom stereocenters. The van der Waals surface area contributed by atoms with Gasteiger partial charge in [0.2, 0.25) is 0 Å². The van der Waals surface area contributed by atoms with Crippen LogP contribution in [-0.4, -0.2) is 60.6 Å². The normalized spacial score (nSPS) is 16.6. The number of ether oxygens (including phenoxy) is 1. The molecule has 0 saturated heterocycles. The van der Waals surface area contributed by atoms with E-state index in [0.717, 1.165) is 5.56 Å². The summed E-state index contributed by atoms with van der Waals surface area (Å²) >= 11 is 0. The highest BCUT2D eigenvalue weighted by Crippen LogP contribution is 2.23. The standard InChI is InChI=1S/C24H23F3N4O3/c1-34-16-4-2-14(3-5-16)12-31-9-7-29-22(24(31)33)17-13-30(8-6-20(17)28)23(32)15-10-18(25)21(27)19(26)11-15/h2-5,10-11H,6-9,12-13,28H2,1H3. The van der Waals surface area contributed by atoms with Gasteiger partial charge in [0.15, 0.2) is 17.5 Å². The molecule has 2 aliphatic heterocycles. The molecule has 0 spiro atoms. The van der Waals surface area contributed by atoms with Gasteiger partial charge in [-0.05, 0) is 29.8 Å². The zero-order valence-electron chi connectivity index (χ0n) is 18.5. The highest BCUT2D eigenvalue weighted by atomic mass is 19.2. The van der Waals surface area contributed by atoms with Crippen molar-refractivity contribution < 1.29 is 27.5 Å². The fourth-order valence-electron chi connectivity index (χ4n) is 3.97. The van der Waals surface area contributed by atoms with Crippen LogP contribution in [0.4, 0.5) is 13.2 Å². The molecular weight excluding hydrogens is 449 g/mol. The first kappa shape index (κ1) is 23.3. The number of rotatable bonds is 5. The number of carbonyl (C=O) groups is 2. The van der Waals surface area contributed by atoms with E-state index in [1.54, 1.807) is 12.0 Å². The first-order valence-corrected chi connectivity index (χ1v) is 10.7. The van der Waals surface area contributed by atoms with Crippen LogP contribution in [0.15, 0.2) is 52.7 Å². The Morgan fingerprint density at radius 1 is 1.12 bits per heavy atom. The summed E-state index contributed by atoms with van der Waals surface area (Å²) in [5, 5.41) is 0. The molecule has 2 heterocycles. The minimum Gasteiger partial charge on any atom is -0.497 e. The van der Waals surface area contributed by atoms with Crippen molar-refractivity contribution in [3.8, 4) is 5.75 Å². The lowest BCUT2D eigenvalue weighted by atomic mass is 9.98. The van der Waals surface area contributed by atoms with Gasteiger partial charge in [0.25, 0.3) is 11.8 Å². The van der Waals surface area contributed by atoms with E-state index in [9.17, 15) is 22.8 Å². The van der Waals surface area contributed by atoms with Crippen molar-refractivity contribution in [3.63, 3.8) is 0 Å². The van der Waals surface area contributed by atoms with Crippen LogP contribution in [0.5, 0.6) is 5.75 Å². The lowest BCUT2D eigenvalue weighted by Crippen LogP contribution is -2.47. The summed E-state index contributed by atoms with van der Waals surface area (Å²) in [5.41, 5.74) is 7.78. The molecule has 2 aliphatic rings. The summed E-state index contributed by atoms with van der Waals surface area (Å²) in [7, 11) is 1.57. The number of hydrogen-bond acceptors (Lipinski definition) is 5. The Kier molecular flexibility index (Phi) is 6.58. The highest BCUT2D eigenvalue weighted by molar-refractivity contribution is 6.45. The summed E-state index contributed by atoms with van der Waals surface area (Å²) in [4.78, 5) is 33.4. The minimum absolute atomic E-state index is 0.0494. The predicted octanol–water partition coefficient (Wildman–Crippen LogP) is 2.65. The molecule has 2 aromatic carbocycles. The topological polar surface area (TPSA) is 88.2 Å². The molecule has 2 amide bonds. The Bertz CT molecular complexity index is 1170. The second-order valence-corrected chi connectivity index (χ2v) is 8.04. The third-order valence-electron chi connectivity index (χ3n) is 5.85. The summed E-state index contributed by atoms with van der Waals surface area (Å²) in [5.74, 6) is -4.83. The van der Waals surface area contributed by atoms with Gasteiger partial charge in [-0.15, -0.1) is 0 Å². The number of halogens is 3. The van der Waals surface area contributed by atoms with E-state index < -0.39 is 23.4 Å². The highest BCUT2D eigenvalue weighted by Gasteiger charge is 2.32. The maximum Gasteiger partial charge on any atom is 0.272 e. The monoisotopic (exact) mass is 472 g/mol. The van der Waals surface area contributed by atoms with Crippen molar-refractivity contribution in [3.05, 3.63) is 76.2 Å². The number of nitrogens with two attached hydrogens (primary N) is 1. The lowest BCUT2D eigenvalue weighted by molar-refractivity contribution is -0.125. The van der Waals surface area contributed by atoms with E-state index in [1.165, 1.54) is 4.90 Å². The Hall–Kier alpha value is -3.82. The quantitative estimate of drug-likeness (QED) is 0.678. The molecule has 34 heavy (non-hydrogen) atoms. The number of carbonyl (C=O) groups excluding carboxylic acids is 2. The molecule has 0 aromatic heterocycles. The molecule has 7 nitrogen and oxygen atoms in total. The fraction of sp³-hybridized carbons (Fsp3) is 0.292. The molecule has 2 N–H and O–H groups in total. The number of aliphatic imine (C=N–C) groups is 1. The van der Waals surface area contributed by atoms with Crippen molar-refractivity contribution in [2.45, 2.75) is 13.0 Å². The molecule has 0 aliphatic carbocycles. The van der Waals surface area contributed by atoms with Gasteiger partial charge in [0.1, 0.15) is 11.5 Å². The van der Waals surface area contributed by atoms with E-state index in [0.29, 0.717) is 48.8 Å². The smallest absolute Gasteiger partial charge is 0.272 e. The summed E-state index contributed by atoms with van der Waals surface area (Å²) in [6, 6.07) is 8.67. The van der Waals surface area contributed by atoms with E-state index in [2.05, 4.69) is 4.99 Å². The first-order chi connectivity index (χ1) is 16.3. The van der Waals surface area contributed by atoms with Crippen LogP contribution in [-0.2, 0) is 11.3 Å². The summed E-state index contributed by atoms with van der Waals surface area (Å²) in [6.45, 7) is 1.30. The summed E-state index contributed by atoms with van der Waals surface area (Å²) < 4.78 is 45.7. The first-order valence-electron chi connectivity index (χ1n) is 10.7. The Labute approximate surface area is 194 Å². The predicted molar refractivity (Wildman–Crippen MR) is 119 cm³/mol. The average Bonchev–Trinajstić information content (AvgIpc) is 2.84. The number of amides is 2. The van der Waals surface area contributed by atoms with Crippen LogP contribution >= 0.6 is 0 Å². The van der Waals surface area contributed by atoms with Crippen molar-refractivity contribution in [1.29, 1.82) is 0 Å². The van der Waals surface area contributed by atoms with Gasteiger partial charge in [-0.3, -0.25) is 14.6 Å². The van der Waals surface area contributed by atoms with E-state index in [-0.39, 0.29) is 36.7 Å². The van der Waals surface area contributed by atoms with Crippen LogP contribution in [0.25, 0.3) is 0 Å². The maximum atomic E-state index is 13.6. The van der Waals surface area contributed by atoms with E-state index >= 15 is 0 Å². The van der Waals surface area contributed by atoms with Crippen LogP contribution in [0.1, 0.15) is 22.3 Å². The second kappa shape index (κ2) is 9.58. The van der Waals surface area contributed by atoms with Crippen LogP contribution in [0.3, 0.4) is 0 Å². The molecule has 10 heteroatoms. The Morgan fingerprint density at radius 3 is 2.44 bits per heavy atom. The molecule has 0 fully saturated rings. The SMILES string of the molecule is COc1ccc(CN2CCN=C(C3=C(N)CCN(C(=O)c4cc(F)c(F)c(F)c4)C3)C2=O)cc1. The molecule has 0 bridgehead atoms. The lowest BCUT2D eigenvalue weighted by Gasteiger charge is -2.33. The van der Waals surface area contributed by atoms with Crippen LogP contribution in [0.2, 0.25) is 0 Å². The molecule has 2 aromatic rings. The van der Waals surface area contributed by atoms with Crippen LogP contribution in [0, 0.1) is 17.5 Å². The molecule has 4 rings (SSSR count). The molecule has 0 atom stereocenters. The molecule has 0 saturated carbocycles. The summed E-state index contributed by atoms with van der Waals surface area (Å²) in [6.07, 6.45) is 0.262. The van der Waals surface area contributed by atoms with Gasteiger partial charge in [0.05, 0.1) is 13.7 Å². The minimum atomic E-state index is -1.64. The largest absolute Gasteiger partial charge is 0.497 e. The van der Waals surface area contributed by atoms with Gasteiger partial charge in [-0.2, -0.15) is 0 Å². The number of nitrogens with zero attached hydrogens (tertiary/aromatic N) is 3. The Morgan fingerprint density at radius 2 is 1.79 bits per heavy atom. The average molecular weight is 472 g/mol. The maximum absolute atomic E-state index is 13.6. The third kappa shape index (κ3) is 4.61. The molecular formula is C24H23F3N4O3.